The van der Waals surface area contributed by atoms with Crippen molar-refractivity contribution < 1.29 is 13.5 Å². The van der Waals surface area contributed by atoms with Gasteiger partial charge in [-0.25, -0.2) is 4.39 Å². The molecule has 0 fully saturated rings. The Hall–Kier alpha value is -1.12. The number of benzene rings is 1. The van der Waals surface area contributed by atoms with Crippen LogP contribution in [0.4, 0.5) is 8.78 Å². The van der Waals surface area contributed by atoms with Gasteiger partial charge in [-0.2, -0.15) is 4.39 Å². The van der Waals surface area contributed by atoms with Gasteiger partial charge in [0.2, 0.25) is 5.82 Å². The molecule has 0 aliphatic rings. The largest absolute Gasteiger partial charge is 0.490 e. The van der Waals surface area contributed by atoms with E-state index in [1.165, 1.54) is 38.3 Å². The molecular weight excluding hydrogens is 246 g/mol. The van der Waals surface area contributed by atoms with E-state index in [2.05, 4.69) is 13.8 Å². The van der Waals surface area contributed by atoms with Crippen molar-refractivity contribution in [3.05, 3.63) is 29.3 Å². The third kappa shape index (κ3) is 5.17. The van der Waals surface area contributed by atoms with Crippen LogP contribution in [0.25, 0.3) is 0 Å². The van der Waals surface area contributed by atoms with Crippen LogP contribution >= 0.6 is 0 Å². The molecule has 0 N–H and O–H groups in total. The fourth-order valence-corrected chi connectivity index (χ4v) is 2.15. The van der Waals surface area contributed by atoms with Crippen LogP contribution in [0.3, 0.4) is 0 Å². The molecule has 0 spiro atoms. The number of hydrogen-bond donors (Lipinski definition) is 0. The first kappa shape index (κ1) is 15.9. The minimum absolute atomic E-state index is 0.0182. The van der Waals surface area contributed by atoms with Crippen molar-refractivity contribution in [1.82, 2.24) is 0 Å². The summed E-state index contributed by atoms with van der Waals surface area (Å²) in [4.78, 5) is 0. The van der Waals surface area contributed by atoms with Crippen molar-refractivity contribution in [3.63, 3.8) is 0 Å². The summed E-state index contributed by atoms with van der Waals surface area (Å²) < 4.78 is 32.1. The van der Waals surface area contributed by atoms with E-state index in [1.54, 1.807) is 0 Å². The van der Waals surface area contributed by atoms with E-state index in [1.807, 2.05) is 0 Å². The van der Waals surface area contributed by atoms with Crippen molar-refractivity contribution in [3.8, 4) is 5.75 Å². The summed E-state index contributed by atoms with van der Waals surface area (Å²) in [5, 5.41) is 0. The van der Waals surface area contributed by atoms with Gasteiger partial charge in [-0.3, -0.25) is 0 Å². The average Bonchev–Trinajstić information content (AvgIpc) is 2.38. The maximum Gasteiger partial charge on any atom is 0.200 e. The Bertz CT molecular complexity index is 391. The number of unbranched alkanes of at least 4 members (excludes halogenated alkanes) is 1. The van der Waals surface area contributed by atoms with Crippen molar-refractivity contribution >= 4 is 0 Å². The molecule has 1 aromatic rings. The zero-order chi connectivity index (χ0) is 14.3. The third-order valence-corrected chi connectivity index (χ3v) is 3.37. The van der Waals surface area contributed by atoms with E-state index < -0.39 is 11.6 Å². The molecule has 1 unspecified atom stereocenters. The standard InChI is InChI=1S/C16H24F2O/c1-4-7-12(2)8-5-6-11-19-14-10-9-13(3)15(17)16(14)18/h9-10,12H,4-8,11H2,1-3H3. The predicted octanol–water partition coefficient (Wildman–Crippen LogP) is 5.26. The van der Waals surface area contributed by atoms with Gasteiger partial charge >= 0.3 is 0 Å². The lowest BCUT2D eigenvalue weighted by Gasteiger charge is -2.11. The Morgan fingerprint density at radius 2 is 1.84 bits per heavy atom. The van der Waals surface area contributed by atoms with Gasteiger partial charge < -0.3 is 4.74 Å². The molecule has 1 aromatic carbocycles. The molecule has 0 heterocycles. The Morgan fingerprint density at radius 1 is 1.11 bits per heavy atom. The zero-order valence-electron chi connectivity index (χ0n) is 12.1. The summed E-state index contributed by atoms with van der Waals surface area (Å²) in [6.45, 7) is 6.42. The molecule has 3 heteroatoms. The van der Waals surface area contributed by atoms with Gasteiger partial charge in [0, 0.05) is 0 Å². The van der Waals surface area contributed by atoms with Crippen LogP contribution in [0.5, 0.6) is 5.75 Å². The molecule has 0 amide bonds. The van der Waals surface area contributed by atoms with E-state index in [-0.39, 0.29) is 5.75 Å². The van der Waals surface area contributed by atoms with Gasteiger partial charge in [0.15, 0.2) is 11.6 Å². The topological polar surface area (TPSA) is 9.23 Å². The number of aryl methyl sites for hydroxylation is 1. The van der Waals surface area contributed by atoms with Crippen LogP contribution in [-0.4, -0.2) is 6.61 Å². The molecule has 1 rings (SSSR count). The highest BCUT2D eigenvalue weighted by atomic mass is 19.2. The summed E-state index contributed by atoms with van der Waals surface area (Å²) in [5.74, 6) is -0.934. The number of ether oxygens (including phenoxy) is 1. The second-order valence-corrected chi connectivity index (χ2v) is 5.25. The summed E-state index contributed by atoms with van der Waals surface area (Å²) in [6.07, 6.45) is 5.58. The van der Waals surface area contributed by atoms with E-state index in [9.17, 15) is 8.78 Å². The maximum absolute atomic E-state index is 13.5. The summed E-state index contributed by atoms with van der Waals surface area (Å²) in [7, 11) is 0. The molecule has 19 heavy (non-hydrogen) atoms. The molecule has 0 aromatic heterocycles. The highest BCUT2D eigenvalue weighted by Gasteiger charge is 2.11. The number of halogens is 2. The Labute approximate surface area is 115 Å². The molecule has 108 valence electrons. The molecule has 1 atom stereocenters. The van der Waals surface area contributed by atoms with E-state index in [0.717, 1.165) is 18.8 Å². The SMILES string of the molecule is CCCC(C)CCCCOc1ccc(C)c(F)c1F. The summed E-state index contributed by atoms with van der Waals surface area (Å²) >= 11 is 0. The third-order valence-electron chi connectivity index (χ3n) is 3.37. The van der Waals surface area contributed by atoms with Crippen molar-refractivity contribution in [1.29, 1.82) is 0 Å². The molecular formula is C16H24F2O. The van der Waals surface area contributed by atoms with Gasteiger partial charge in [-0.1, -0.05) is 39.2 Å². The highest BCUT2D eigenvalue weighted by molar-refractivity contribution is 5.30. The van der Waals surface area contributed by atoms with Gasteiger partial charge in [0.05, 0.1) is 6.61 Å². The molecule has 1 nitrogen and oxygen atoms in total. The van der Waals surface area contributed by atoms with E-state index >= 15 is 0 Å². The quantitative estimate of drug-likeness (QED) is 0.585. The van der Waals surface area contributed by atoms with Crippen LogP contribution < -0.4 is 4.74 Å². The van der Waals surface area contributed by atoms with Crippen LogP contribution in [-0.2, 0) is 0 Å². The van der Waals surface area contributed by atoms with Crippen LogP contribution in [0.15, 0.2) is 12.1 Å². The molecule has 0 saturated heterocycles. The number of rotatable bonds is 8. The minimum atomic E-state index is -0.876. The lowest BCUT2D eigenvalue weighted by atomic mass is 9.99. The summed E-state index contributed by atoms with van der Waals surface area (Å²) in [5.41, 5.74) is 0.304. The Kier molecular flexibility index (Phi) is 6.82. The van der Waals surface area contributed by atoms with Crippen LogP contribution in [0, 0.1) is 24.5 Å². The van der Waals surface area contributed by atoms with Crippen LogP contribution in [0.2, 0.25) is 0 Å². The Morgan fingerprint density at radius 3 is 2.53 bits per heavy atom. The van der Waals surface area contributed by atoms with E-state index in [4.69, 9.17) is 4.74 Å². The van der Waals surface area contributed by atoms with Gasteiger partial charge in [-0.15, -0.1) is 0 Å². The Balaban J connectivity index is 2.28. The first-order valence-corrected chi connectivity index (χ1v) is 7.13. The molecule has 0 aliphatic heterocycles. The molecule has 0 bridgehead atoms. The van der Waals surface area contributed by atoms with E-state index in [0.29, 0.717) is 12.2 Å². The van der Waals surface area contributed by atoms with Crippen molar-refractivity contribution in [2.24, 2.45) is 5.92 Å². The van der Waals surface area contributed by atoms with Gasteiger partial charge in [0.1, 0.15) is 0 Å². The van der Waals surface area contributed by atoms with Gasteiger partial charge in [0.25, 0.3) is 0 Å². The maximum atomic E-state index is 13.5. The second-order valence-electron chi connectivity index (χ2n) is 5.25. The highest BCUT2D eigenvalue weighted by Crippen LogP contribution is 2.22. The summed E-state index contributed by atoms with van der Waals surface area (Å²) in [6, 6.07) is 3.03. The van der Waals surface area contributed by atoms with Crippen molar-refractivity contribution in [2.75, 3.05) is 6.61 Å². The molecule has 0 saturated carbocycles. The molecule has 0 aliphatic carbocycles. The first-order valence-electron chi connectivity index (χ1n) is 7.13. The first-order chi connectivity index (χ1) is 9.06. The van der Waals surface area contributed by atoms with Crippen molar-refractivity contribution in [2.45, 2.75) is 52.9 Å². The number of hydrogen-bond acceptors (Lipinski definition) is 1. The van der Waals surface area contributed by atoms with Gasteiger partial charge in [-0.05, 0) is 37.3 Å². The molecule has 0 radical (unpaired) electrons. The fourth-order valence-electron chi connectivity index (χ4n) is 2.15. The fraction of sp³-hybridized carbons (Fsp3) is 0.625. The zero-order valence-corrected chi connectivity index (χ0v) is 12.1. The van der Waals surface area contributed by atoms with Crippen LogP contribution in [0.1, 0.15) is 51.5 Å². The normalized spacial score (nSPS) is 12.5. The average molecular weight is 270 g/mol. The lowest BCUT2D eigenvalue weighted by molar-refractivity contribution is 0.280. The lowest BCUT2D eigenvalue weighted by Crippen LogP contribution is -2.02. The minimum Gasteiger partial charge on any atom is -0.490 e. The predicted molar refractivity (Wildman–Crippen MR) is 74.5 cm³/mol. The smallest absolute Gasteiger partial charge is 0.200 e. The second kappa shape index (κ2) is 8.13. The monoisotopic (exact) mass is 270 g/mol.